The van der Waals surface area contributed by atoms with Crippen molar-refractivity contribution in [3.8, 4) is 11.5 Å². The van der Waals surface area contributed by atoms with E-state index in [-0.39, 0.29) is 34.4 Å². The van der Waals surface area contributed by atoms with Crippen molar-refractivity contribution >= 4 is 20.2 Å². The Hall–Kier alpha value is -2.22. The lowest BCUT2D eigenvalue weighted by Gasteiger charge is -2.23. The number of phenols is 2. The van der Waals surface area contributed by atoms with Crippen LogP contribution >= 0.6 is 0 Å². The summed E-state index contributed by atoms with van der Waals surface area (Å²) in [6.45, 7) is 1.41. The van der Waals surface area contributed by atoms with E-state index in [4.69, 9.17) is 9.11 Å². The van der Waals surface area contributed by atoms with Crippen molar-refractivity contribution in [2.45, 2.75) is 22.9 Å². The van der Waals surface area contributed by atoms with Gasteiger partial charge in [-0.05, 0) is 50.5 Å². The van der Waals surface area contributed by atoms with Crippen LogP contribution in [0.2, 0.25) is 0 Å². The minimum atomic E-state index is -4.38. The third-order valence-corrected chi connectivity index (χ3v) is 6.14. The van der Waals surface area contributed by atoms with Gasteiger partial charge in [-0.15, -0.1) is 0 Å². The van der Waals surface area contributed by atoms with E-state index in [0.717, 1.165) is 12.1 Å². The van der Waals surface area contributed by atoms with Crippen molar-refractivity contribution in [2.24, 2.45) is 0 Å². The first-order valence-corrected chi connectivity index (χ1v) is 11.6. The van der Waals surface area contributed by atoms with Gasteiger partial charge in [-0.2, -0.15) is 16.8 Å². The van der Waals surface area contributed by atoms with Crippen LogP contribution in [0.5, 0.6) is 11.5 Å². The van der Waals surface area contributed by atoms with E-state index in [9.17, 15) is 27.0 Å². The predicted molar refractivity (Wildman–Crippen MR) is 109 cm³/mol. The molecule has 2 rings (SSSR count). The molecule has 2 aromatic rings. The van der Waals surface area contributed by atoms with E-state index in [1.165, 1.54) is 24.3 Å². The minimum Gasteiger partial charge on any atom is -0.508 e. The van der Waals surface area contributed by atoms with Gasteiger partial charge in [0.15, 0.2) is 0 Å². The normalized spacial score (nSPS) is 12.6. The molecule has 12 heteroatoms. The Balaban J connectivity index is 2.00. The second kappa shape index (κ2) is 9.29. The second-order valence-corrected chi connectivity index (χ2v) is 9.85. The van der Waals surface area contributed by atoms with Gasteiger partial charge in [0, 0.05) is 37.3 Å². The van der Waals surface area contributed by atoms with Gasteiger partial charge in [0.1, 0.15) is 11.5 Å². The zero-order valence-corrected chi connectivity index (χ0v) is 18.1. The van der Waals surface area contributed by atoms with Crippen molar-refractivity contribution in [3.05, 3.63) is 47.5 Å². The standard InChI is InChI=1S/C18H24N2O8S2/c1-19(11-13-9-15(29(23,24)25)3-5-17(13)21)7-8-20(2)12-14-10-16(30(26,27)28)4-6-18(14)22/h3-6,9-10,21-22H,7-8,11-12H2,1-2H3,(H,23,24,25)(H,26,27,28). The van der Waals surface area contributed by atoms with Crippen molar-refractivity contribution in [1.29, 1.82) is 0 Å². The first-order valence-electron chi connectivity index (χ1n) is 8.73. The lowest BCUT2D eigenvalue weighted by molar-refractivity contribution is 0.243. The molecule has 0 atom stereocenters. The Morgan fingerprint density at radius 3 is 1.33 bits per heavy atom. The van der Waals surface area contributed by atoms with Gasteiger partial charge in [0.2, 0.25) is 0 Å². The fourth-order valence-corrected chi connectivity index (χ4v) is 3.84. The van der Waals surface area contributed by atoms with E-state index in [2.05, 4.69) is 0 Å². The number of likely N-dealkylation sites (N-methyl/N-ethyl adjacent to an activating group) is 2. The SMILES string of the molecule is CN(CCN(C)Cc1cc(S(=O)(=O)O)ccc1O)Cc1cc(S(=O)(=O)O)ccc1O. The van der Waals surface area contributed by atoms with Crippen LogP contribution in [0.4, 0.5) is 0 Å². The van der Waals surface area contributed by atoms with Crippen LogP contribution in [0, 0.1) is 0 Å². The maximum absolute atomic E-state index is 11.3. The van der Waals surface area contributed by atoms with Crippen molar-refractivity contribution < 1.29 is 36.2 Å². The monoisotopic (exact) mass is 460 g/mol. The molecule has 30 heavy (non-hydrogen) atoms. The van der Waals surface area contributed by atoms with Crippen LogP contribution in [0.1, 0.15) is 11.1 Å². The average molecular weight is 461 g/mol. The highest BCUT2D eigenvalue weighted by atomic mass is 32.2. The Bertz CT molecular complexity index is 1030. The highest BCUT2D eigenvalue weighted by Gasteiger charge is 2.16. The van der Waals surface area contributed by atoms with Crippen LogP contribution in [-0.2, 0) is 33.3 Å². The fraction of sp³-hybridized carbons (Fsp3) is 0.333. The van der Waals surface area contributed by atoms with E-state index < -0.39 is 20.2 Å². The van der Waals surface area contributed by atoms with Crippen LogP contribution in [-0.4, -0.2) is 73.1 Å². The molecule has 0 radical (unpaired) electrons. The fourth-order valence-electron chi connectivity index (χ4n) is 2.78. The summed E-state index contributed by atoms with van der Waals surface area (Å²) in [7, 11) is -5.25. The van der Waals surface area contributed by atoms with E-state index in [1.54, 1.807) is 14.1 Å². The lowest BCUT2D eigenvalue weighted by Crippen LogP contribution is -2.30. The van der Waals surface area contributed by atoms with Gasteiger partial charge in [0.05, 0.1) is 9.79 Å². The summed E-state index contributed by atoms with van der Waals surface area (Å²) in [5.74, 6) is -0.205. The number of hydrogen-bond acceptors (Lipinski definition) is 8. The molecule has 10 nitrogen and oxygen atoms in total. The molecule has 166 valence electrons. The Labute approximate surface area is 175 Å². The molecule has 0 fully saturated rings. The number of hydrogen-bond donors (Lipinski definition) is 4. The summed E-state index contributed by atoms with van der Waals surface area (Å²) in [4.78, 5) is 3.01. The molecule has 0 unspecified atom stereocenters. The van der Waals surface area contributed by atoms with Crippen LogP contribution in [0.25, 0.3) is 0 Å². The lowest BCUT2D eigenvalue weighted by atomic mass is 10.2. The number of phenolic OH excluding ortho intramolecular Hbond substituents is 2. The molecule has 0 amide bonds. The maximum Gasteiger partial charge on any atom is 0.294 e. The van der Waals surface area contributed by atoms with Crippen molar-refractivity contribution in [3.63, 3.8) is 0 Å². The summed E-state index contributed by atoms with van der Waals surface area (Å²) >= 11 is 0. The van der Waals surface area contributed by atoms with Gasteiger partial charge in [-0.25, -0.2) is 0 Å². The van der Waals surface area contributed by atoms with E-state index >= 15 is 0 Å². The van der Waals surface area contributed by atoms with Gasteiger partial charge < -0.3 is 20.0 Å². The van der Waals surface area contributed by atoms with Crippen LogP contribution in [0.15, 0.2) is 46.2 Å². The number of aromatic hydroxyl groups is 2. The Kier molecular flexibility index (Phi) is 7.45. The van der Waals surface area contributed by atoms with Crippen molar-refractivity contribution in [2.75, 3.05) is 27.2 Å². The van der Waals surface area contributed by atoms with E-state index in [0.29, 0.717) is 24.2 Å². The van der Waals surface area contributed by atoms with E-state index in [1.807, 2.05) is 9.80 Å². The zero-order valence-electron chi connectivity index (χ0n) is 16.4. The largest absolute Gasteiger partial charge is 0.508 e. The van der Waals surface area contributed by atoms with Gasteiger partial charge in [0.25, 0.3) is 20.2 Å². The molecule has 0 saturated heterocycles. The highest BCUT2D eigenvalue weighted by Crippen LogP contribution is 2.24. The topological polar surface area (TPSA) is 156 Å². The van der Waals surface area contributed by atoms with Gasteiger partial charge >= 0.3 is 0 Å². The van der Waals surface area contributed by atoms with Crippen LogP contribution in [0.3, 0.4) is 0 Å². The summed E-state index contributed by atoms with van der Waals surface area (Å²) < 4.78 is 63.3. The molecular formula is C18H24N2O8S2. The predicted octanol–water partition coefficient (Wildman–Crippen LogP) is 1.15. The number of rotatable bonds is 9. The molecule has 2 aromatic carbocycles. The quantitative estimate of drug-likeness (QED) is 0.400. The molecule has 0 saturated carbocycles. The molecular weight excluding hydrogens is 436 g/mol. The smallest absolute Gasteiger partial charge is 0.294 e. The molecule has 0 aliphatic heterocycles. The Morgan fingerprint density at radius 1 is 0.700 bits per heavy atom. The molecule has 0 aromatic heterocycles. The third-order valence-electron chi connectivity index (χ3n) is 4.44. The summed E-state index contributed by atoms with van der Waals surface area (Å²) in [5, 5.41) is 19.9. The highest BCUT2D eigenvalue weighted by molar-refractivity contribution is 7.86. The number of nitrogens with zero attached hydrogens (tertiary/aromatic N) is 2. The van der Waals surface area contributed by atoms with Gasteiger partial charge in [-0.3, -0.25) is 9.11 Å². The third kappa shape index (κ3) is 6.65. The molecule has 0 heterocycles. The summed E-state index contributed by atoms with van der Waals surface area (Å²) in [6.07, 6.45) is 0. The summed E-state index contributed by atoms with van der Waals surface area (Å²) in [6, 6.07) is 7.00. The number of benzene rings is 2. The molecule has 0 bridgehead atoms. The maximum atomic E-state index is 11.3. The Morgan fingerprint density at radius 2 is 1.03 bits per heavy atom. The van der Waals surface area contributed by atoms with Gasteiger partial charge in [-0.1, -0.05) is 0 Å². The average Bonchev–Trinajstić information content (AvgIpc) is 2.62. The summed E-state index contributed by atoms with van der Waals surface area (Å²) in [5.41, 5.74) is 0.655. The second-order valence-electron chi connectivity index (χ2n) is 7.01. The molecule has 4 N–H and O–H groups in total. The molecule has 0 spiro atoms. The van der Waals surface area contributed by atoms with Crippen LogP contribution < -0.4 is 0 Å². The molecule has 0 aliphatic carbocycles. The zero-order chi connectivity index (χ0) is 22.7. The molecule has 0 aliphatic rings. The minimum absolute atomic E-state index is 0.102. The van der Waals surface area contributed by atoms with Crippen molar-refractivity contribution in [1.82, 2.24) is 9.80 Å². The first-order chi connectivity index (χ1) is 13.8. The first kappa shape index (κ1) is 24.1.